The van der Waals surface area contributed by atoms with Gasteiger partial charge in [-0.25, -0.2) is 9.24 Å². The molecule has 0 bridgehead atoms. The first-order chi connectivity index (χ1) is 12.8. The minimum atomic E-state index is -3.41. The van der Waals surface area contributed by atoms with Gasteiger partial charge in [-0.1, -0.05) is 20.9 Å². The Bertz CT molecular complexity index is 738. The summed E-state index contributed by atoms with van der Waals surface area (Å²) in [5.74, 6) is -0.433. The van der Waals surface area contributed by atoms with E-state index in [-0.39, 0.29) is 24.0 Å². The predicted octanol–water partition coefficient (Wildman–Crippen LogP) is 3.91. The number of hydrogen-bond donors (Lipinski definition) is 0. The van der Waals surface area contributed by atoms with E-state index in [0.717, 1.165) is 12.8 Å². The largest absolute Gasteiger partial charge is 0.435 e. The maximum absolute atomic E-state index is 13.6. The van der Waals surface area contributed by atoms with Crippen LogP contribution < -0.4 is 0 Å². The van der Waals surface area contributed by atoms with Crippen LogP contribution in [0.25, 0.3) is 0 Å². The fourth-order valence-electron chi connectivity index (χ4n) is 2.96. The molecular weight excluding hydrogens is 509 g/mol. The Morgan fingerprint density at radius 1 is 1.44 bits per heavy atom. The Labute approximate surface area is 174 Å². The van der Waals surface area contributed by atoms with Crippen LogP contribution in [0.1, 0.15) is 48.9 Å². The van der Waals surface area contributed by atoms with Crippen LogP contribution in [0.3, 0.4) is 0 Å². The van der Waals surface area contributed by atoms with Crippen LogP contribution in [0.5, 0.6) is 0 Å². The second-order valence-electron chi connectivity index (χ2n) is 6.26. The van der Waals surface area contributed by atoms with Gasteiger partial charge < -0.3 is 10.1 Å². The van der Waals surface area contributed by atoms with Crippen LogP contribution in [0.4, 0.5) is 5.95 Å². The summed E-state index contributed by atoms with van der Waals surface area (Å²) in [5, 5.41) is 11.9. The molecule has 1 aliphatic rings. The molecule has 0 aromatic carbocycles. The Morgan fingerprint density at radius 3 is 2.56 bits per heavy atom. The normalized spacial score (nSPS) is 17.6. The number of hydrogen-bond acceptors (Lipinski definition) is 6. The summed E-state index contributed by atoms with van der Waals surface area (Å²) in [4.78, 5) is 25.9. The minimum absolute atomic E-state index is 0.0787. The molecular formula is C14H22Br2N5O5P. The zero-order chi connectivity index (χ0) is 20.2. The SMILES string of the molecule is CC(C)n1c([N+](=O)[O-])nc(C=O)c1COP(=O)(N(Br)CCBr)N1CCCC1. The quantitative estimate of drug-likeness (QED) is 0.112. The van der Waals surface area contributed by atoms with Crippen molar-refractivity contribution in [2.24, 2.45) is 0 Å². The summed E-state index contributed by atoms with van der Waals surface area (Å²) in [6, 6.07) is -0.320. The molecule has 1 unspecified atom stereocenters. The van der Waals surface area contributed by atoms with Crippen molar-refractivity contribution in [1.82, 2.24) is 17.9 Å². The van der Waals surface area contributed by atoms with Gasteiger partial charge in [0.25, 0.3) is 0 Å². The third-order valence-electron chi connectivity index (χ3n) is 4.17. The van der Waals surface area contributed by atoms with Gasteiger partial charge in [0, 0.05) is 41.1 Å². The lowest BCUT2D eigenvalue weighted by atomic mass is 10.3. The maximum atomic E-state index is 13.6. The zero-order valence-electron chi connectivity index (χ0n) is 15.1. The molecule has 0 saturated carbocycles. The van der Waals surface area contributed by atoms with Gasteiger partial charge in [0.1, 0.15) is 6.61 Å². The summed E-state index contributed by atoms with van der Waals surface area (Å²) < 4.78 is 24.0. The number of rotatable bonds is 10. The molecule has 0 N–H and O–H groups in total. The lowest BCUT2D eigenvalue weighted by molar-refractivity contribution is -0.397. The number of halogens is 2. The standard InChI is InChI=1S/C14H22Br2N5O5P/c1-11(2)20-13(12(9-22)17-14(20)21(23)24)10-26-27(25,19(16)8-5-15)18-6-3-4-7-18/h9,11H,3-8,10H2,1-2H3. The number of aromatic nitrogens is 2. The van der Waals surface area contributed by atoms with Gasteiger partial charge in [0.15, 0.2) is 12.0 Å². The molecule has 27 heavy (non-hydrogen) atoms. The molecule has 0 amide bonds. The first-order valence-electron chi connectivity index (χ1n) is 8.46. The van der Waals surface area contributed by atoms with Crippen molar-refractivity contribution in [1.29, 1.82) is 0 Å². The first kappa shape index (κ1) is 22.6. The highest BCUT2D eigenvalue weighted by atomic mass is 79.9. The average Bonchev–Trinajstić information content (AvgIpc) is 3.27. The summed E-state index contributed by atoms with van der Waals surface area (Å²) in [5.41, 5.74) is 0.163. The Balaban J connectivity index is 2.37. The topological polar surface area (TPSA) is 111 Å². The minimum Gasteiger partial charge on any atom is -0.390 e. The van der Waals surface area contributed by atoms with E-state index in [1.807, 2.05) is 0 Å². The van der Waals surface area contributed by atoms with Crippen LogP contribution in [-0.2, 0) is 15.7 Å². The van der Waals surface area contributed by atoms with Crippen LogP contribution >= 0.6 is 39.7 Å². The zero-order valence-corrected chi connectivity index (χ0v) is 19.2. The molecule has 1 atom stereocenters. The van der Waals surface area contributed by atoms with Crippen LogP contribution in [0, 0.1) is 10.1 Å². The first-order valence-corrected chi connectivity index (χ1v) is 11.8. The second-order valence-corrected chi connectivity index (χ2v) is 10.7. The number of alkyl halides is 1. The highest BCUT2D eigenvalue weighted by molar-refractivity contribution is 9.09. The van der Waals surface area contributed by atoms with E-state index in [1.54, 1.807) is 18.5 Å². The van der Waals surface area contributed by atoms with E-state index in [9.17, 15) is 19.5 Å². The number of aldehydes is 1. The van der Waals surface area contributed by atoms with Gasteiger partial charge in [-0.3, -0.25) is 13.9 Å². The van der Waals surface area contributed by atoms with Gasteiger partial charge in [-0.05, 0) is 31.6 Å². The van der Waals surface area contributed by atoms with Crippen molar-refractivity contribution in [2.75, 3.05) is 25.0 Å². The Hall–Kier alpha value is -0.650. The molecule has 2 rings (SSSR count). The number of nitrogens with zero attached hydrogens (tertiary/aromatic N) is 5. The third-order valence-corrected chi connectivity index (χ3v) is 8.41. The van der Waals surface area contributed by atoms with E-state index in [0.29, 0.717) is 31.3 Å². The number of imidazole rings is 1. The van der Waals surface area contributed by atoms with E-state index in [4.69, 9.17) is 4.52 Å². The number of carbonyl (C=O) groups is 1. The Morgan fingerprint density at radius 2 is 2.07 bits per heavy atom. The Kier molecular flexibility index (Phi) is 8.14. The summed E-state index contributed by atoms with van der Waals surface area (Å²) in [6.07, 6.45) is 2.28. The predicted molar refractivity (Wildman–Crippen MR) is 107 cm³/mol. The second kappa shape index (κ2) is 9.71. The van der Waals surface area contributed by atoms with Gasteiger partial charge in [-0.2, -0.15) is 3.70 Å². The summed E-state index contributed by atoms with van der Waals surface area (Å²) in [7, 11) is -3.41. The van der Waals surface area contributed by atoms with Crippen LogP contribution in [-0.4, -0.2) is 54.1 Å². The lowest BCUT2D eigenvalue weighted by Gasteiger charge is -2.32. The van der Waals surface area contributed by atoms with Crippen molar-refractivity contribution < 1.29 is 18.8 Å². The van der Waals surface area contributed by atoms with E-state index >= 15 is 0 Å². The molecule has 0 aliphatic carbocycles. The van der Waals surface area contributed by atoms with Crippen molar-refractivity contribution in [3.05, 3.63) is 21.5 Å². The van der Waals surface area contributed by atoms with Crippen LogP contribution in [0.15, 0.2) is 0 Å². The smallest absolute Gasteiger partial charge is 0.390 e. The molecule has 1 aliphatic heterocycles. The molecule has 0 spiro atoms. The van der Waals surface area contributed by atoms with Crippen molar-refractivity contribution in [3.8, 4) is 0 Å². The van der Waals surface area contributed by atoms with E-state index in [1.165, 1.54) is 8.26 Å². The van der Waals surface area contributed by atoms with Crippen LogP contribution in [0.2, 0.25) is 0 Å². The fourth-order valence-corrected chi connectivity index (χ4v) is 7.11. The van der Waals surface area contributed by atoms with Gasteiger partial charge in [-0.15, -0.1) is 0 Å². The molecule has 1 aromatic heterocycles. The summed E-state index contributed by atoms with van der Waals surface area (Å²) >= 11 is 6.65. The molecule has 2 heterocycles. The molecule has 152 valence electrons. The molecule has 1 aromatic rings. The highest BCUT2D eigenvalue weighted by Crippen LogP contribution is 2.58. The van der Waals surface area contributed by atoms with Crippen molar-refractivity contribution in [2.45, 2.75) is 39.3 Å². The van der Waals surface area contributed by atoms with E-state index < -0.39 is 18.5 Å². The third kappa shape index (κ3) is 4.86. The molecule has 1 fully saturated rings. The van der Waals surface area contributed by atoms with Gasteiger partial charge in [0.05, 0.1) is 6.04 Å². The lowest BCUT2D eigenvalue weighted by Crippen LogP contribution is -2.27. The molecule has 0 radical (unpaired) electrons. The number of nitro groups is 1. The number of carbonyl (C=O) groups excluding carboxylic acids is 1. The van der Waals surface area contributed by atoms with Gasteiger partial charge in [0.2, 0.25) is 5.69 Å². The average molecular weight is 531 g/mol. The molecule has 1 saturated heterocycles. The fraction of sp³-hybridized carbons (Fsp3) is 0.714. The van der Waals surface area contributed by atoms with Crippen molar-refractivity contribution in [3.63, 3.8) is 0 Å². The molecule has 10 nitrogen and oxygen atoms in total. The van der Waals surface area contributed by atoms with E-state index in [2.05, 4.69) is 37.1 Å². The van der Waals surface area contributed by atoms with Gasteiger partial charge >= 0.3 is 13.6 Å². The highest BCUT2D eigenvalue weighted by Gasteiger charge is 2.40. The maximum Gasteiger partial charge on any atom is 0.435 e. The molecule has 13 heteroatoms. The van der Waals surface area contributed by atoms with Crippen molar-refractivity contribution >= 4 is 52.0 Å². The summed E-state index contributed by atoms with van der Waals surface area (Å²) in [6.45, 7) is 4.95. The monoisotopic (exact) mass is 529 g/mol.